The van der Waals surface area contributed by atoms with Crippen LogP contribution in [0.5, 0.6) is 0 Å². The number of halogens is 2. The molecule has 0 bridgehead atoms. The van der Waals surface area contributed by atoms with Gasteiger partial charge in [0.05, 0.1) is 29.3 Å². The van der Waals surface area contributed by atoms with Crippen LogP contribution < -0.4 is 10.9 Å². The molecule has 2 aliphatic rings. The maximum Gasteiger partial charge on any atom is 0.407 e. The number of nitrogens with zero attached hydrogens (tertiary/aromatic N) is 3. The number of aliphatic hydroxyl groups is 1. The molecule has 8 nitrogen and oxygen atoms in total. The molecule has 0 aliphatic carbocycles. The normalized spacial score (nSPS) is 22.1. The van der Waals surface area contributed by atoms with Crippen LogP contribution in [0.15, 0.2) is 17.1 Å². The average molecular weight is 436 g/mol. The summed E-state index contributed by atoms with van der Waals surface area (Å²) in [5.41, 5.74) is -2.93. The van der Waals surface area contributed by atoms with Crippen molar-refractivity contribution in [1.29, 1.82) is 0 Å². The summed E-state index contributed by atoms with van der Waals surface area (Å²) in [5.74, 6) is -1.72. The molecule has 0 saturated carbocycles. The number of nitrogens with one attached hydrogen (secondary N) is 1. The maximum atomic E-state index is 14.7. The van der Waals surface area contributed by atoms with E-state index in [4.69, 9.17) is 4.74 Å². The zero-order chi connectivity index (χ0) is 22.6. The van der Waals surface area contributed by atoms with Crippen molar-refractivity contribution in [2.24, 2.45) is 0 Å². The molecule has 0 aromatic carbocycles. The molecule has 1 atom stereocenters. The molecule has 4 heterocycles. The van der Waals surface area contributed by atoms with Gasteiger partial charge in [-0.25, -0.2) is 13.6 Å². The number of piperidine rings is 1. The van der Waals surface area contributed by atoms with Crippen molar-refractivity contribution in [3.8, 4) is 0 Å². The largest absolute Gasteiger partial charge is 0.444 e. The van der Waals surface area contributed by atoms with Crippen molar-refractivity contribution in [3.05, 3.63) is 39.8 Å². The van der Waals surface area contributed by atoms with E-state index in [-0.39, 0.29) is 35.7 Å². The first-order valence-corrected chi connectivity index (χ1v) is 10.3. The van der Waals surface area contributed by atoms with Gasteiger partial charge in [0.15, 0.2) is 5.82 Å². The van der Waals surface area contributed by atoms with E-state index in [9.17, 15) is 23.5 Å². The second-order valence-corrected chi connectivity index (χ2v) is 9.33. The second-order valence-electron chi connectivity index (χ2n) is 9.33. The van der Waals surface area contributed by atoms with Gasteiger partial charge in [0.2, 0.25) is 0 Å². The van der Waals surface area contributed by atoms with Crippen LogP contribution in [0.1, 0.15) is 39.2 Å². The molecule has 0 radical (unpaired) electrons. The molecule has 2 aliphatic heterocycles. The quantitative estimate of drug-likeness (QED) is 0.763. The Hall–Kier alpha value is -2.59. The number of hydrogen-bond donors (Lipinski definition) is 2. The SMILES string of the molecule is CC(C)(C)OC(=O)NC1CCN(CC2(O)Cn3c(=O)c(F)cc4ncc(F)c2c43)CC1. The highest BCUT2D eigenvalue weighted by molar-refractivity contribution is 5.81. The van der Waals surface area contributed by atoms with Gasteiger partial charge in [0.1, 0.15) is 17.0 Å². The number of hydrogen-bond acceptors (Lipinski definition) is 6. The average Bonchev–Trinajstić information content (AvgIpc) is 2.97. The van der Waals surface area contributed by atoms with E-state index in [1.54, 1.807) is 20.8 Å². The Morgan fingerprint density at radius 3 is 2.65 bits per heavy atom. The van der Waals surface area contributed by atoms with Crippen LogP contribution in [0.3, 0.4) is 0 Å². The number of carbonyl (C=O) groups is 1. The first-order valence-electron chi connectivity index (χ1n) is 10.3. The predicted octanol–water partition coefficient (Wildman–Crippen LogP) is 1.86. The fourth-order valence-corrected chi connectivity index (χ4v) is 4.43. The van der Waals surface area contributed by atoms with Crippen LogP contribution in [0, 0.1) is 11.6 Å². The summed E-state index contributed by atoms with van der Waals surface area (Å²) < 4.78 is 35.0. The minimum absolute atomic E-state index is 0.0244. The number of carbonyl (C=O) groups excluding carboxylic acids is 1. The molecular weight excluding hydrogens is 410 g/mol. The van der Waals surface area contributed by atoms with E-state index in [0.717, 1.165) is 16.8 Å². The van der Waals surface area contributed by atoms with Gasteiger partial charge in [-0.15, -0.1) is 0 Å². The first-order chi connectivity index (χ1) is 14.5. The number of amides is 1. The molecule has 1 unspecified atom stereocenters. The summed E-state index contributed by atoms with van der Waals surface area (Å²) >= 11 is 0. The Labute approximate surface area is 177 Å². The van der Waals surface area contributed by atoms with Crippen LogP contribution in [0.4, 0.5) is 13.6 Å². The molecule has 31 heavy (non-hydrogen) atoms. The van der Waals surface area contributed by atoms with Crippen molar-refractivity contribution >= 4 is 17.1 Å². The number of likely N-dealkylation sites (tertiary alicyclic amines) is 1. The van der Waals surface area contributed by atoms with E-state index < -0.39 is 34.5 Å². The van der Waals surface area contributed by atoms with Crippen molar-refractivity contribution in [2.75, 3.05) is 19.6 Å². The zero-order valence-corrected chi connectivity index (χ0v) is 17.7. The van der Waals surface area contributed by atoms with Crippen molar-refractivity contribution < 1.29 is 23.4 Å². The lowest BCUT2D eigenvalue weighted by atomic mass is 9.93. The van der Waals surface area contributed by atoms with Crippen LogP contribution in [-0.4, -0.2) is 56.9 Å². The topological polar surface area (TPSA) is 96.7 Å². The molecule has 1 amide bonds. The van der Waals surface area contributed by atoms with Crippen LogP contribution in [0.2, 0.25) is 0 Å². The van der Waals surface area contributed by atoms with Crippen molar-refractivity contribution in [2.45, 2.75) is 57.4 Å². The highest BCUT2D eigenvalue weighted by Gasteiger charge is 2.43. The zero-order valence-electron chi connectivity index (χ0n) is 17.7. The van der Waals surface area contributed by atoms with E-state index in [1.807, 2.05) is 4.90 Å². The molecule has 10 heteroatoms. The number of aromatic nitrogens is 2. The standard InChI is InChI=1S/C21H26F2N4O4/c1-20(2,3)31-19(29)25-12-4-6-26(7-5-12)10-21(30)11-27-17-15(8-13(22)18(27)28)24-9-14(23)16(17)21/h8-9,12,30H,4-7,10-11H2,1-3H3,(H,25,29). The molecule has 2 N–H and O–H groups in total. The summed E-state index contributed by atoms with van der Waals surface area (Å²) in [7, 11) is 0. The van der Waals surface area contributed by atoms with Gasteiger partial charge < -0.3 is 19.7 Å². The van der Waals surface area contributed by atoms with Crippen LogP contribution in [-0.2, 0) is 16.9 Å². The van der Waals surface area contributed by atoms with Gasteiger partial charge in [-0.3, -0.25) is 14.7 Å². The van der Waals surface area contributed by atoms with Gasteiger partial charge in [-0.05, 0) is 33.6 Å². The summed E-state index contributed by atoms with van der Waals surface area (Å²) in [6.45, 7) is 6.32. The highest BCUT2D eigenvalue weighted by atomic mass is 19.1. The first kappa shape index (κ1) is 21.6. The fraction of sp³-hybridized carbons (Fsp3) is 0.571. The molecule has 2 aromatic heterocycles. The lowest BCUT2D eigenvalue weighted by molar-refractivity contribution is -0.0166. The second kappa shape index (κ2) is 7.52. The van der Waals surface area contributed by atoms with Gasteiger partial charge >= 0.3 is 6.09 Å². The molecule has 168 valence electrons. The molecular formula is C21H26F2N4O4. The lowest BCUT2D eigenvalue weighted by Gasteiger charge is -2.37. The highest BCUT2D eigenvalue weighted by Crippen LogP contribution is 2.38. The van der Waals surface area contributed by atoms with Gasteiger partial charge in [0.25, 0.3) is 5.56 Å². The van der Waals surface area contributed by atoms with Gasteiger partial charge in [-0.2, -0.15) is 0 Å². The minimum Gasteiger partial charge on any atom is -0.444 e. The Bertz CT molecular complexity index is 1090. The summed E-state index contributed by atoms with van der Waals surface area (Å²) in [5, 5.41) is 14.2. The number of rotatable bonds is 3. The molecule has 0 spiro atoms. The summed E-state index contributed by atoms with van der Waals surface area (Å²) in [4.78, 5) is 30.0. The smallest absolute Gasteiger partial charge is 0.407 e. The van der Waals surface area contributed by atoms with E-state index in [2.05, 4.69) is 10.3 Å². The lowest BCUT2D eigenvalue weighted by Crippen LogP contribution is -2.50. The Morgan fingerprint density at radius 1 is 1.32 bits per heavy atom. The van der Waals surface area contributed by atoms with Crippen molar-refractivity contribution in [3.63, 3.8) is 0 Å². The Kier molecular flexibility index (Phi) is 5.25. The number of ether oxygens (including phenoxy) is 1. The molecule has 1 fully saturated rings. The van der Waals surface area contributed by atoms with E-state index >= 15 is 0 Å². The third-order valence-electron chi connectivity index (χ3n) is 5.70. The monoisotopic (exact) mass is 436 g/mol. The molecule has 4 rings (SSSR count). The minimum atomic E-state index is -1.68. The van der Waals surface area contributed by atoms with Gasteiger partial charge in [0, 0.05) is 31.7 Å². The van der Waals surface area contributed by atoms with E-state index in [0.29, 0.717) is 25.9 Å². The van der Waals surface area contributed by atoms with Crippen LogP contribution in [0.25, 0.3) is 11.0 Å². The third-order valence-corrected chi connectivity index (χ3v) is 5.70. The van der Waals surface area contributed by atoms with E-state index in [1.165, 1.54) is 0 Å². The Morgan fingerprint density at radius 2 is 2.00 bits per heavy atom. The van der Waals surface area contributed by atoms with Crippen molar-refractivity contribution in [1.82, 2.24) is 19.8 Å². The molecule has 1 saturated heterocycles. The predicted molar refractivity (Wildman–Crippen MR) is 109 cm³/mol. The summed E-state index contributed by atoms with van der Waals surface area (Å²) in [6.07, 6.45) is 1.73. The third kappa shape index (κ3) is 4.14. The van der Waals surface area contributed by atoms with Crippen LogP contribution >= 0.6 is 0 Å². The number of β-amino-alcohol motifs (C(OH)–C–C–N with tert-alkyl or cyclic N) is 1. The summed E-state index contributed by atoms with van der Waals surface area (Å²) in [6, 6.07) is 0.902. The molecule has 2 aromatic rings. The fourth-order valence-electron chi connectivity index (χ4n) is 4.43. The number of alkyl carbamates (subject to hydrolysis) is 1. The number of pyridine rings is 2. The van der Waals surface area contributed by atoms with Gasteiger partial charge in [-0.1, -0.05) is 0 Å². The Balaban J connectivity index is 1.47. The maximum absolute atomic E-state index is 14.7.